The van der Waals surface area contributed by atoms with Gasteiger partial charge in [-0.15, -0.1) is 11.3 Å². The van der Waals surface area contributed by atoms with E-state index in [4.69, 9.17) is 4.74 Å². The molecule has 15 heavy (non-hydrogen) atoms. The number of hydrogen-bond acceptors (Lipinski definition) is 4. The van der Waals surface area contributed by atoms with Crippen molar-refractivity contribution in [2.75, 3.05) is 7.11 Å². The van der Waals surface area contributed by atoms with Gasteiger partial charge in [0.15, 0.2) is 0 Å². The fraction of sp³-hybridized carbons (Fsp3) is 0.636. The number of esters is 1. The minimum atomic E-state index is -0.229. The predicted molar refractivity (Wildman–Crippen MR) is 61.2 cm³/mol. The van der Waals surface area contributed by atoms with Crippen LogP contribution in [0.4, 0.5) is 0 Å². The molecule has 0 fully saturated rings. The van der Waals surface area contributed by atoms with Gasteiger partial charge in [-0.05, 0) is 19.8 Å². The Balaban J connectivity index is 3.04. The number of aromatic nitrogens is 1. The lowest BCUT2D eigenvalue weighted by molar-refractivity contribution is -0.143. The molecule has 84 valence electrons. The third-order valence-corrected chi connectivity index (χ3v) is 3.59. The van der Waals surface area contributed by atoms with E-state index in [0.29, 0.717) is 0 Å². The first kappa shape index (κ1) is 12.2. The second-order valence-corrected chi connectivity index (χ2v) is 5.17. The van der Waals surface area contributed by atoms with E-state index in [0.717, 1.165) is 10.7 Å². The Bertz CT molecular complexity index is 338. The van der Waals surface area contributed by atoms with Crippen LogP contribution in [0.1, 0.15) is 35.3 Å². The SMILES string of the molecule is COC(=O)C(c1nc(C)c(C)s1)C(C)C. The lowest BCUT2D eigenvalue weighted by atomic mass is 9.97. The molecule has 4 heteroatoms. The highest BCUT2D eigenvalue weighted by atomic mass is 32.1. The van der Waals surface area contributed by atoms with Crippen LogP contribution in [0, 0.1) is 19.8 Å². The molecular formula is C11H17NO2S. The zero-order chi connectivity index (χ0) is 11.6. The largest absolute Gasteiger partial charge is 0.468 e. The van der Waals surface area contributed by atoms with Gasteiger partial charge < -0.3 is 4.74 Å². The Morgan fingerprint density at radius 1 is 1.40 bits per heavy atom. The highest BCUT2D eigenvalue weighted by Gasteiger charge is 2.28. The molecule has 0 N–H and O–H groups in total. The lowest BCUT2D eigenvalue weighted by Crippen LogP contribution is -2.19. The van der Waals surface area contributed by atoms with Gasteiger partial charge in [-0.3, -0.25) is 4.79 Å². The molecule has 1 atom stereocenters. The van der Waals surface area contributed by atoms with Gasteiger partial charge in [0.25, 0.3) is 0 Å². The zero-order valence-corrected chi connectivity index (χ0v) is 10.6. The fourth-order valence-electron chi connectivity index (χ4n) is 1.42. The van der Waals surface area contributed by atoms with E-state index >= 15 is 0 Å². The number of nitrogens with zero attached hydrogens (tertiary/aromatic N) is 1. The number of carbonyl (C=O) groups is 1. The summed E-state index contributed by atoms with van der Waals surface area (Å²) in [6.07, 6.45) is 0. The monoisotopic (exact) mass is 227 g/mol. The van der Waals surface area contributed by atoms with Crippen molar-refractivity contribution in [1.29, 1.82) is 0 Å². The summed E-state index contributed by atoms with van der Waals surface area (Å²) in [4.78, 5) is 17.2. The highest BCUT2D eigenvalue weighted by molar-refractivity contribution is 7.11. The average Bonchev–Trinajstić information content (AvgIpc) is 2.46. The van der Waals surface area contributed by atoms with E-state index in [1.165, 1.54) is 12.0 Å². The van der Waals surface area contributed by atoms with E-state index in [9.17, 15) is 4.79 Å². The topological polar surface area (TPSA) is 39.2 Å². The van der Waals surface area contributed by atoms with Crippen molar-refractivity contribution in [3.8, 4) is 0 Å². The maximum absolute atomic E-state index is 11.6. The molecule has 0 aromatic carbocycles. The van der Waals surface area contributed by atoms with E-state index < -0.39 is 0 Å². The van der Waals surface area contributed by atoms with Gasteiger partial charge in [-0.25, -0.2) is 4.98 Å². The summed E-state index contributed by atoms with van der Waals surface area (Å²) in [5.74, 6) is -0.214. The number of methoxy groups -OCH3 is 1. The Morgan fingerprint density at radius 2 is 2.00 bits per heavy atom. The van der Waals surface area contributed by atoms with Crippen molar-refractivity contribution in [2.45, 2.75) is 33.6 Å². The number of ether oxygens (including phenoxy) is 1. The molecule has 0 saturated carbocycles. The third-order valence-electron chi connectivity index (χ3n) is 2.43. The van der Waals surface area contributed by atoms with Gasteiger partial charge in [-0.1, -0.05) is 13.8 Å². The second kappa shape index (κ2) is 4.75. The maximum atomic E-state index is 11.6. The van der Waals surface area contributed by atoms with Crippen LogP contribution in [0.15, 0.2) is 0 Å². The van der Waals surface area contributed by atoms with Crippen molar-refractivity contribution in [3.05, 3.63) is 15.6 Å². The van der Waals surface area contributed by atoms with Crippen molar-refractivity contribution in [2.24, 2.45) is 5.92 Å². The number of carbonyl (C=O) groups excluding carboxylic acids is 1. The van der Waals surface area contributed by atoms with Crippen molar-refractivity contribution in [1.82, 2.24) is 4.98 Å². The molecule has 0 saturated heterocycles. The van der Waals surface area contributed by atoms with E-state index in [-0.39, 0.29) is 17.8 Å². The first-order valence-corrected chi connectivity index (χ1v) is 5.80. The van der Waals surface area contributed by atoms with Crippen LogP contribution in [0.5, 0.6) is 0 Å². The smallest absolute Gasteiger partial charge is 0.315 e. The number of thiazole rings is 1. The molecule has 0 radical (unpaired) electrons. The molecule has 1 unspecified atom stereocenters. The summed E-state index contributed by atoms with van der Waals surface area (Å²) < 4.78 is 4.80. The quantitative estimate of drug-likeness (QED) is 0.745. The van der Waals surface area contributed by atoms with E-state index in [1.54, 1.807) is 11.3 Å². The van der Waals surface area contributed by atoms with Crippen LogP contribution in [0.25, 0.3) is 0 Å². The van der Waals surface area contributed by atoms with Crippen molar-refractivity contribution < 1.29 is 9.53 Å². The summed E-state index contributed by atoms with van der Waals surface area (Å²) in [6, 6.07) is 0. The molecule has 0 bridgehead atoms. The highest BCUT2D eigenvalue weighted by Crippen LogP contribution is 2.30. The minimum absolute atomic E-state index is 0.196. The number of rotatable bonds is 3. The van der Waals surface area contributed by atoms with Gasteiger partial charge >= 0.3 is 5.97 Å². The van der Waals surface area contributed by atoms with Crippen LogP contribution >= 0.6 is 11.3 Å². The average molecular weight is 227 g/mol. The summed E-state index contributed by atoms with van der Waals surface area (Å²) in [5.41, 5.74) is 1.00. The summed E-state index contributed by atoms with van der Waals surface area (Å²) in [5, 5.41) is 0.867. The van der Waals surface area contributed by atoms with Crippen LogP contribution in [-0.2, 0) is 9.53 Å². The molecule has 1 aromatic heterocycles. The molecule has 0 aliphatic heterocycles. The summed E-state index contributed by atoms with van der Waals surface area (Å²) in [6.45, 7) is 8.00. The third kappa shape index (κ3) is 2.56. The summed E-state index contributed by atoms with van der Waals surface area (Å²) >= 11 is 1.58. The zero-order valence-electron chi connectivity index (χ0n) is 9.83. The molecule has 1 rings (SSSR count). The Hall–Kier alpha value is -0.900. The normalized spacial score (nSPS) is 12.9. The standard InChI is InChI=1S/C11H17NO2S/c1-6(2)9(11(13)14-5)10-12-7(3)8(4)15-10/h6,9H,1-5H3. The molecule has 3 nitrogen and oxygen atoms in total. The molecule has 0 amide bonds. The lowest BCUT2D eigenvalue weighted by Gasteiger charge is -2.15. The van der Waals surface area contributed by atoms with Crippen LogP contribution < -0.4 is 0 Å². The minimum Gasteiger partial charge on any atom is -0.468 e. The first-order chi connectivity index (χ1) is 6.97. The van der Waals surface area contributed by atoms with Gasteiger partial charge in [0.1, 0.15) is 10.9 Å². The van der Waals surface area contributed by atoms with Crippen LogP contribution in [0.3, 0.4) is 0 Å². The van der Waals surface area contributed by atoms with Gasteiger partial charge in [-0.2, -0.15) is 0 Å². The molecule has 0 spiro atoms. The molecular weight excluding hydrogens is 210 g/mol. The van der Waals surface area contributed by atoms with Crippen LogP contribution in [0.2, 0.25) is 0 Å². The van der Waals surface area contributed by atoms with Crippen molar-refractivity contribution >= 4 is 17.3 Å². The fourth-order valence-corrected chi connectivity index (χ4v) is 2.60. The number of aryl methyl sites for hydroxylation is 2. The first-order valence-electron chi connectivity index (χ1n) is 4.99. The van der Waals surface area contributed by atoms with Gasteiger partial charge in [0.2, 0.25) is 0 Å². The maximum Gasteiger partial charge on any atom is 0.315 e. The van der Waals surface area contributed by atoms with Gasteiger partial charge in [0, 0.05) is 4.88 Å². The van der Waals surface area contributed by atoms with Crippen LogP contribution in [-0.4, -0.2) is 18.1 Å². The van der Waals surface area contributed by atoms with Crippen molar-refractivity contribution in [3.63, 3.8) is 0 Å². The van der Waals surface area contributed by atoms with Gasteiger partial charge in [0.05, 0.1) is 12.8 Å². The second-order valence-electron chi connectivity index (χ2n) is 3.94. The molecule has 0 aliphatic carbocycles. The Kier molecular flexibility index (Phi) is 3.85. The number of hydrogen-bond donors (Lipinski definition) is 0. The molecule has 0 aliphatic rings. The predicted octanol–water partition coefficient (Wildman–Crippen LogP) is 2.67. The Labute approximate surface area is 94.5 Å². The van der Waals surface area contributed by atoms with E-state index in [2.05, 4.69) is 4.98 Å². The van der Waals surface area contributed by atoms with E-state index in [1.807, 2.05) is 27.7 Å². The summed E-state index contributed by atoms with van der Waals surface area (Å²) in [7, 11) is 1.42. The molecule has 1 heterocycles. The molecule has 1 aromatic rings. The Morgan fingerprint density at radius 3 is 2.33 bits per heavy atom.